The summed E-state index contributed by atoms with van der Waals surface area (Å²) in [5.41, 5.74) is 0. The Kier molecular flexibility index (Phi) is 4.48. The number of likely N-dealkylation sites (tertiary alicyclic amines) is 1. The Morgan fingerprint density at radius 1 is 0.895 bits per heavy atom. The minimum Gasteiger partial charge on any atom is -0.550 e. The van der Waals surface area contributed by atoms with Crippen LogP contribution in [0.25, 0.3) is 0 Å². The molecule has 1 amide bonds. The maximum absolute atomic E-state index is 12.7. The first-order valence-corrected chi connectivity index (χ1v) is 7.55. The topological polar surface area (TPSA) is 60.4 Å². The van der Waals surface area contributed by atoms with Crippen molar-refractivity contribution in [3.05, 3.63) is 0 Å². The summed E-state index contributed by atoms with van der Waals surface area (Å²) in [5, 5.41) is 11.2. The molecule has 4 atom stereocenters. The van der Waals surface area contributed by atoms with Crippen molar-refractivity contribution in [2.24, 2.45) is 11.8 Å². The Hall–Kier alpha value is -1.06. The van der Waals surface area contributed by atoms with Gasteiger partial charge in [-0.25, -0.2) is 0 Å². The van der Waals surface area contributed by atoms with Gasteiger partial charge in [-0.15, -0.1) is 0 Å². The van der Waals surface area contributed by atoms with E-state index in [4.69, 9.17) is 0 Å². The average Bonchev–Trinajstić information content (AvgIpc) is 2.38. The lowest BCUT2D eigenvalue weighted by Gasteiger charge is -2.43. The van der Waals surface area contributed by atoms with E-state index in [0.717, 1.165) is 32.1 Å². The quantitative estimate of drug-likeness (QED) is 0.757. The van der Waals surface area contributed by atoms with Crippen molar-refractivity contribution in [1.82, 2.24) is 4.90 Å². The number of hydrogen-bond donors (Lipinski definition) is 0. The van der Waals surface area contributed by atoms with E-state index in [9.17, 15) is 14.7 Å². The van der Waals surface area contributed by atoms with E-state index in [1.54, 1.807) is 0 Å². The third-order valence-corrected chi connectivity index (χ3v) is 4.83. The summed E-state index contributed by atoms with van der Waals surface area (Å²) in [6.45, 7) is 4.15. The van der Waals surface area contributed by atoms with Crippen LogP contribution in [-0.2, 0) is 9.59 Å². The Labute approximate surface area is 115 Å². The summed E-state index contributed by atoms with van der Waals surface area (Å²) in [4.78, 5) is 25.9. The Morgan fingerprint density at radius 3 is 1.95 bits per heavy atom. The van der Waals surface area contributed by atoms with Crippen molar-refractivity contribution >= 4 is 11.9 Å². The molecule has 2 rings (SSSR count). The van der Waals surface area contributed by atoms with E-state index in [2.05, 4.69) is 13.8 Å². The number of amides is 1. The fourth-order valence-corrected chi connectivity index (χ4v) is 3.76. The molecule has 4 heteroatoms. The molecule has 19 heavy (non-hydrogen) atoms. The van der Waals surface area contributed by atoms with E-state index >= 15 is 0 Å². The smallest absolute Gasteiger partial charge is 0.226 e. The fraction of sp³-hybridized carbons (Fsp3) is 0.867. The molecule has 0 unspecified atom stereocenters. The molecule has 108 valence electrons. The van der Waals surface area contributed by atoms with Crippen molar-refractivity contribution in [3.8, 4) is 0 Å². The van der Waals surface area contributed by atoms with Gasteiger partial charge in [-0.2, -0.15) is 0 Å². The number of aliphatic carboxylic acids is 1. The van der Waals surface area contributed by atoms with Crippen LogP contribution in [0, 0.1) is 11.8 Å². The maximum atomic E-state index is 12.7. The molecule has 0 aromatic carbocycles. The van der Waals surface area contributed by atoms with Gasteiger partial charge in [0, 0.05) is 29.9 Å². The van der Waals surface area contributed by atoms with Crippen LogP contribution in [0.15, 0.2) is 0 Å². The Morgan fingerprint density at radius 2 is 1.42 bits per heavy atom. The lowest BCUT2D eigenvalue weighted by Crippen LogP contribution is -2.53. The molecule has 0 bridgehead atoms. The van der Waals surface area contributed by atoms with E-state index in [0.29, 0.717) is 12.8 Å². The molecule has 0 aromatic rings. The monoisotopic (exact) mass is 266 g/mol. The molecule has 1 aliphatic heterocycles. The highest BCUT2D eigenvalue weighted by molar-refractivity contribution is 5.84. The van der Waals surface area contributed by atoms with Crippen LogP contribution in [0.4, 0.5) is 0 Å². The second kappa shape index (κ2) is 5.93. The third kappa shape index (κ3) is 2.93. The first-order chi connectivity index (χ1) is 9.02. The first-order valence-electron chi connectivity index (χ1n) is 7.55. The van der Waals surface area contributed by atoms with Gasteiger partial charge in [0.05, 0.1) is 0 Å². The summed E-state index contributed by atoms with van der Waals surface area (Å²) >= 11 is 0. The minimum absolute atomic E-state index is 0.0496. The summed E-state index contributed by atoms with van der Waals surface area (Å²) in [5.74, 6) is -1.94. The highest BCUT2D eigenvalue weighted by Crippen LogP contribution is 2.34. The lowest BCUT2D eigenvalue weighted by atomic mass is 9.77. The molecule has 1 saturated heterocycles. The number of carbonyl (C=O) groups is 2. The predicted molar refractivity (Wildman–Crippen MR) is 70.1 cm³/mol. The highest BCUT2D eigenvalue weighted by atomic mass is 16.4. The van der Waals surface area contributed by atoms with Crippen molar-refractivity contribution in [2.45, 2.75) is 70.9 Å². The van der Waals surface area contributed by atoms with Gasteiger partial charge in [0.15, 0.2) is 0 Å². The molecule has 1 saturated carbocycles. The van der Waals surface area contributed by atoms with Crippen LogP contribution < -0.4 is 5.11 Å². The van der Waals surface area contributed by atoms with Crippen LogP contribution in [0.2, 0.25) is 0 Å². The fourth-order valence-electron chi connectivity index (χ4n) is 3.76. The maximum Gasteiger partial charge on any atom is 0.226 e. The van der Waals surface area contributed by atoms with Crippen molar-refractivity contribution in [3.63, 3.8) is 0 Å². The Bertz CT molecular complexity index is 345. The third-order valence-electron chi connectivity index (χ3n) is 4.83. The molecular formula is C15H24NO3-. The molecule has 1 heterocycles. The molecular weight excluding hydrogens is 242 g/mol. The number of nitrogens with zero attached hydrogens (tertiary/aromatic N) is 1. The summed E-state index contributed by atoms with van der Waals surface area (Å²) < 4.78 is 0. The van der Waals surface area contributed by atoms with Crippen molar-refractivity contribution in [1.29, 1.82) is 0 Å². The van der Waals surface area contributed by atoms with E-state index in [1.165, 1.54) is 0 Å². The number of piperidine rings is 1. The zero-order valence-corrected chi connectivity index (χ0v) is 11.9. The zero-order valence-electron chi connectivity index (χ0n) is 11.9. The molecule has 2 aliphatic rings. The van der Waals surface area contributed by atoms with Gasteiger partial charge >= 0.3 is 0 Å². The van der Waals surface area contributed by atoms with Crippen LogP contribution in [0.3, 0.4) is 0 Å². The number of carboxylic acid groups (broad SMARTS) is 1. The number of carbonyl (C=O) groups excluding carboxylic acids is 2. The van der Waals surface area contributed by atoms with Crippen LogP contribution >= 0.6 is 0 Å². The Balaban J connectivity index is 2.14. The van der Waals surface area contributed by atoms with Crippen molar-refractivity contribution in [2.75, 3.05) is 0 Å². The van der Waals surface area contributed by atoms with Crippen LogP contribution in [-0.4, -0.2) is 28.9 Å². The highest BCUT2D eigenvalue weighted by Gasteiger charge is 2.38. The van der Waals surface area contributed by atoms with E-state index in [-0.39, 0.29) is 23.9 Å². The molecule has 1 aliphatic carbocycles. The number of rotatable bonds is 2. The van der Waals surface area contributed by atoms with Crippen LogP contribution in [0.1, 0.15) is 58.8 Å². The standard InChI is InChI=1S/C15H25NO3/c1-10-6-5-7-11(2)16(10)14(17)12-8-3-4-9-13(12)15(18)19/h10-13H,3-9H2,1-2H3,(H,18,19)/p-1/t10-,11-,12-,13+/m1/s1. The largest absolute Gasteiger partial charge is 0.550 e. The summed E-state index contributed by atoms with van der Waals surface area (Å²) in [6.07, 6.45) is 6.35. The van der Waals surface area contributed by atoms with Gasteiger partial charge in [0.1, 0.15) is 0 Å². The second-order valence-electron chi connectivity index (χ2n) is 6.19. The van der Waals surface area contributed by atoms with Gasteiger partial charge in [0.25, 0.3) is 0 Å². The average molecular weight is 266 g/mol. The molecule has 0 radical (unpaired) electrons. The predicted octanol–water partition coefficient (Wildman–Crippen LogP) is 1.33. The summed E-state index contributed by atoms with van der Waals surface area (Å²) in [7, 11) is 0. The lowest BCUT2D eigenvalue weighted by molar-refractivity contribution is -0.314. The van der Waals surface area contributed by atoms with Gasteiger partial charge in [-0.1, -0.05) is 12.8 Å². The molecule has 0 spiro atoms. The van der Waals surface area contributed by atoms with E-state index < -0.39 is 11.9 Å². The molecule has 0 aromatic heterocycles. The van der Waals surface area contributed by atoms with Gasteiger partial charge < -0.3 is 14.8 Å². The molecule has 0 N–H and O–H groups in total. The summed E-state index contributed by atoms with van der Waals surface area (Å²) in [6, 6.07) is 0.473. The van der Waals surface area contributed by atoms with Gasteiger partial charge in [-0.05, 0) is 46.0 Å². The van der Waals surface area contributed by atoms with E-state index in [1.807, 2.05) is 4.90 Å². The first kappa shape index (κ1) is 14.4. The van der Waals surface area contributed by atoms with Gasteiger partial charge in [0.2, 0.25) is 5.91 Å². The molecule has 2 fully saturated rings. The SMILES string of the molecule is C[C@@H]1CCC[C@@H](C)N1C(=O)[C@@H]1CCCC[C@@H]1C(=O)[O-]. The normalized spacial score (nSPS) is 36.0. The zero-order chi connectivity index (χ0) is 14.0. The van der Waals surface area contributed by atoms with Crippen LogP contribution in [0.5, 0.6) is 0 Å². The molecule has 4 nitrogen and oxygen atoms in total. The minimum atomic E-state index is -1.05. The van der Waals surface area contributed by atoms with Gasteiger partial charge in [-0.3, -0.25) is 4.79 Å². The number of hydrogen-bond acceptors (Lipinski definition) is 3. The second-order valence-corrected chi connectivity index (χ2v) is 6.19. The number of carboxylic acids is 1. The van der Waals surface area contributed by atoms with Crippen molar-refractivity contribution < 1.29 is 14.7 Å².